The van der Waals surface area contributed by atoms with Gasteiger partial charge in [-0.2, -0.15) is 0 Å². The summed E-state index contributed by atoms with van der Waals surface area (Å²) in [6.07, 6.45) is 2.50. The van der Waals surface area contributed by atoms with Crippen molar-refractivity contribution in [3.63, 3.8) is 0 Å². The van der Waals surface area contributed by atoms with E-state index in [0.29, 0.717) is 17.2 Å². The van der Waals surface area contributed by atoms with Crippen molar-refractivity contribution >= 4 is 0 Å². The predicted octanol–water partition coefficient (Wildman–Crippen LogP) is 3.30. The van der Waals surface area contributed by atoms with Gasteiger partial charge < -0.3 is 24.4 Å². The molecule has 0 heterocycles. The largest absolute Gasteiger partial charge is 0.504 e. The molecule has 2 aromatic carbocycles. The molecule has 23 heavy (non-hydrogen) atoms. The smallest absolute Gasteiger partial charge is 0.203 e. The first-order chi connectivity index (χ1) is 11.1. The lowest BCUT2D eigenvalue weighted by atomic mass is 10.0. The molecule has 0 aliphatic heterocycles. The van der Waals surface area contributed by atoms with Crippen LogP contribution in [0.2, 0.25) is 0 Å². The molecule has 0 amide bonds. The Balaban J connectivity index is 2.07. The summed E-state index contributed by atoms with van der Waals surface area (Å²) in [5, 5.41) is 19.4. The number of rotatable bonds is 7. The van der Waals surface area contributed by atoms with Gasteiger partial charge in [0.2, 0.25) is 5.75 Å². The minimum atomic E-state index is 0.0661. The van der Waals surface area contributed by atoms with Crippen LogP contribution in [0.15, 0.2) is 30.3 Å². The van der Waals surface area contributed by atoms with Gasteiger partial charge in [0.1, 0.15) is 0 Å². The standard InChI is InChI=1S/C18H22O5/c1-21-16-11-12(7-9-14(16)19)5-4-6-13-8-10-15(20)18(23-3)17(13)22-2/h7-11,19-20H,4-6H2,1-3H3. The number of hydrogen-bond donors (Lipinski definition) is 2. The van der Waals surface area contributed by atoms with Crippen molar-refractivity contribution in [1.29, 1.82) is 0 Å². The molecule has 2 aromatic rings. The molecule has 2 N–H and O–H groups in total. The normalized spacial score (nSPS) is 10.4. The molecule has 0 radical (unpaired) electrons. The number of methoxy groups -OCH3 is 3. The first-order valence-electron chi connectivity index (χ1n) is 7.39. The number of benzene rings is 2. The third kappa shape index (κ3) is 3.80. The van der Waals surface area contributed by atoms with Crippen molar-refractivity contribution in [3.8, 4) is 28.7 Å². The summed E-state index contributed by atoms with van der Waals surface area (Å²) in [5.41, 5.74) is 2.07. The van der Waals surface area contributed by atoms with Gasteiger partial charge in [-0.3, -0.25) is 0 Å². The summed E-state index contributed by atoms with van der Waals surface area (Å²) in [4.78, 5) is 0. The Bertz CT molecular complexity index is 667. The van der Waals surface area contributed by atoms with E-state index in [0.717, 1.165) is 30.4 Å². The van der Waals surface area contributed by atoms with E-state index in [1.807, 2.05) is 18.2 Å². The lowest BCUT2D eigenvalue weighted by Gasteiger charge is -2.14. The minimum Gasteiger partial charge on any atom is -0.504 e. The lowest BCUT2D eigenvalue weighted by molar-refractivity contribution is 0.330. The Hall–Kier alpha value is -2.56. The van der Waals surface area contributed by atoms with Gasteiger partial charge in [0.15, 0.2) is 23.0 Å². The monoisotopic (exact) mass is 318 g/mol. The van der Waals surface area contributed by atoms with Gasteiger partial charge >= 0.3 is 0 Å². The Morgan fingerprint density at radius 1 is 0.783 bits per heavy atom. The molecule has 0 aromatic heterocycles. The van der Waals surface area contributed by atoms with E-state index in [-0.39, 0.29) is 11.5 Å². The molecule has 0 aliphatic carbocycles. The number of phenols is 2. The van der Waals surface area contributed by atoms with E-state index >= 15 is 0 Å². The first kappa shape index (κ1) is 16.8. The number of aryl methyl sites for hydroxylation is 2. The zero-order chi connectivity index (χ0) is 16.8. The Morgan fingerprint density at radius 2 is 1.48 bits per heavy atom. The Labute approximate surface area is 136 Å². The molecule has 124 valence electrons. The molecule has 0 saturated heterocycles. The van der Waals surface area contributed by atoms with E-state index in [1.165, 1.54) is 14.2 Å². The second kappa shape index (κ2) is 7.63. The molecule has 0 aliphatic rings. The van der Waals surface area contributed by atoms with E-state index < -0.39 is 0 Å². The third-order valence-corrected chi connectivity index (χ3v) is 3.74. The number of ether oxygens (including phenoxy) is 3. The van der Waals surface area contributed by atoms with Crippen LogP contribution < -0.4 is 14.2 Å². The maximum atomic E-state index is 9.79. The van der Waals surface area contributed by atoms with E-state index in [1.54, 1.807) is 19.2 Å². The molecule has 0 bridgehead atoms. The summed E-state index contributed by atoms with van der Waals surface area (Å²) in [5.74, 6) is 1.61. The maximum absolute atomic E-state index is 9.79. The molecule has 5 heteroatoms. The molecule has 5 nitrogen and oxygen atoms in total. The van der Waals surface area contributed by atoms with E-state index in [4.69, 9.17) is 14.2 Å². The molecule has 0 atom stereocenters. The van der Waals surface area contributed by atoms with Gasteiger partial charge in [-0.25, -0.2) is 0 Å². The molecule has 0 spiro atoms. The molecule has 0 unspecified atom stereocenters. The second-order valence-electron chi connectivity index (χ2n) is 5.17. The van der Waals surface area contributed by atoms with Crippen molar-refractivity contribution in [2.24, 2.45) is 0 Å². The highest BCUT2D eigenvalue weighted by atomic mass is 16.5. The van der Waals surface area contributed by atoms with E-state index in [9.17, 15) is 10.2 Å². The minimum absolute atomic E-state index is 0.0661. The van der Waals surface area contributed by atoms with Crippen LogP contribution in [-0.4, -0.2) is 31.5 Å². The van der Waals surface area contributed by atoms with Gasteiger partial charge in [-0.05, 0) is 48.6 Å². The lowest BCUT2D eigenvalue weighted by Crippen LogP contribution is -1.98. The summed E-state index contributed by atoms with van der Waals surface area (Å²) in [6, 6.07) is 8.81. The fraction of sp³-hybridized carbons (Fsp3) is 0.333. The van der Waals surface area contributed by atoms with Gasteiger partial charge in [0.05, 0.1) is 21.3 Å². The summed E-state index contributed by atoms with van der Waals surface area (Å²) in [6.45, 7) is 0. The first-order valence-corrected chi connectivity index (χ1v) is 7.39. The Morgan fingerprint density at radius 3 is 2.13 bits per heavy atom. The van der Waals surface area contributed by atoms with Crippen molar-refractivity contribution in [2.45, 2.75) is 19.3 Å². The highest BCUT2D eigenvalue weighted by molar-refractivity contribution is 5.55. The van der Waals surface area contributed by atoms with Crippen molar-refractivity contribution in [1.82, 2.24) is 0 Å². The zero-order valence-corrected chi connectivity index (χ0v) is 13.6. The van der Waals surface area contributed by atoms with Crippen molar-refractivity contribution < 1.29 is 24.4 Å². The van der Waals surface area contributed by atoms with Crippen LogP contribution in [0.25, 0.3) is 0 Å². The average Bonchev–Trinajstić information content (AvgIpc) is 2.57. The van der Waals surface area contributed by atoms with Crippen LogP contribution in [0.4, 0.5) is 0 Å². The quantitative estimate of drug-likeness (QED) is 0.820. The maximum Gasteiger partial charge on any atom is 0.203 e. The summed E-state index contributed by atoms with van der Waals surface area (Å²) < 4.78 is 15.7. The van der Waals surface area contributed by atoms with E-state index in [2.05, 4.69) is 0 Å². The summed E-state index contributed by atoms with van der Waals surface area (Å²) >= 11 is 0. The SMILES string of the molecule is COc1cc(CCCc2ccc(O)c(OC)c2OC)ccc1O. The van der Waals surface area contributed by atoms with Gasteiger partial charge in [-0.15, -0.1) is 0 Å². The third-order valence-electron chi connectivity index (χ3n) is 3.74. The zero-order valence-electron chi connectivity index (χ0n) is 13.6. The number of aromatic hydroxyl groups is 2. The topological polar surface area (TPSA) is 68.2 Å². The van der Waals surface area contributed by atoms with Crippen LogP contribution >= 0.6 is 0 Å². The predicted molar refractivity (Wildman–Crippen MR) is 87.9 cm³/mol. The van der Waals surface area contributed by atoms with Crippen LogP contribution in [0.1, 0.15) is 17.5 Å². The molecular weight excluding hydrogens is 296 g/mol. The average molecular weight is 318 g/mol. The van der Waals surface area contributed by atoms with Gasteiger partial charge in [-0.1, -0.05) is 12.1 Å². The molecule has 0 fully saturated rings. The van der Waals surface area contributed by atoms with Crippen molar-refractivity contribution in [3.05, 3.63) is 41.5 Å². The molecule has 0 saturated carbocycles. The summed E-state index contributed by atoms with van der Waals surface area (Å²) in [7, 11) is 4.60. The van der Waals surface area contributed by atoms with Crippen molar-refractivity contribution in [2.75, 3.05) is 21.3 Å². The van der Waals surface area contributed by atoms with Crippen LogP contribution in [0.3, 0.4) is 0 Å². The second-order valence-corrected chi connectivity index (χ2v) is 5.17. The van der Waals surface area contributed by atoms with Crippen LogP contribution in [0, 0.1) is 0 Å². The molecular formula is C18H22O5. The van der Waals surface area contributed by atoms with Crippen LogP contribution in [0.5, 0.6) is 28.7 Å². The Kier molecular flexibility index (Phi) is 5.57. The highest BCUT2D eigenvalue weighted by Gasteiger charge is 2.14. The van der Waals surface area contributed by atoms with Gasteiger partial charge in [0, 0.05) is 0 Å². The number of hydrogen-bond acceptors (Lipinski definition) is 5. The molecule has 2 rings (SSSR count). The highest BCUT2D eigenvalue weighted by Crippen LogP contribution is 2.39. The fourth-order valence-electron chi connectivity index (χ4n) is 2.57. The van der Waals surface area contributed by atoms with Crippen LogP contribution in [-0.2, 0) is 12.8 Å². The number of phenolic OH excluding ortho intramolecular Hbond substituents is 2. The van der Waals surface area contributed by atoms with Gasteiger partial charge in [0.25, 0.3) is 0 Å². The fourth-order valence-corrected chi connectivity index (χ4v) is 2.57.